The molecule has 0 fully saturated rings. The number of anilines is 1. The van der Waals surface area contributed by atoms with Crippen molar-refractivity contribution in [3.05, 3.63) is 36.4 Å². The highest BCUT2D eigenvalue weighted by Gasteiger charge is 2.33. The number of carbonyl (C=O) groups is 1. The molecule has 0 saturated carbocycles. The van der Waals surface area contributed by atoms with Gasteiger partial charge in [0, 0.05) is 23.1 Å². The summed E-state index contributed by atoms with van der Waals surface area (Å²) in [4.78, 5) is 13.0. The van der Waals surface area contributed by atoms with Gasteiger partial charge in [0.15, 0.2) is 0 Å². The van der Waals surface area contributed by atoms with Crippen LogP contribution in [0.2, 0.25) is 0 Å². The van der Waals surface area contributed by atoms with Gasteiger partial charge in [-0.25, -0.2) is 0 Å². The van der Waals surface area contributed by atoms with Crippen LogP contribution in [0.1, 0.15) is 53.4 Å². The Kier molecular flexibility index (Phi) is 7.46. The highest BCUT2D eigenvalue weighted by Crippen LogP contribution is 2.32. The van der Waals surface area contributed by atoms with Gasteiger partial charge in [-0.2, -0.15) is 0 Å². The summed E-state index contributed by atoms with van der Waals surface area (Å²) in [5, 5.41) is 5.06. The molecule has 0 radical (unpaired) electrons. The number of hydrogen-bond acceptors (Lipinski definition) is 3. The molecule has 0 spiro atoms. The van der Waals surface area contributed by atoms with E-state index in [0.717, 1.165) is 41.5 Å². The molecule has 142 valence electrons. The molecule has 1 amide bonds. The van der Waals surface area contributed by atoms with Crippen molar-refractivity contribution in [2.24, 2.45) is 0 Å². The molecular formula is C22H31NO3. The Morgan fingerprint density at radius 3 is 2.42 bits per heavy atom. The number of nitrogens with one attached hydrogen (secondary N) is 1. The number of carbonyl (C=O) groups excluding carboxylic acids is 1. The van der Waals surface area contributed by atoms with E-state index in [1.165, 1.54) is 0 Å². The summed E-state index contributed by atoms with van der Waals surface area (Å²) >= 11 is 0. The first-order valence-electron chi connectivity index (χ1n) is 9.65. The van der Waals surface area contributed by atoms with Crippen molar-refractivity contribution in [3.8, 4) is 5.75 Å². The van der Waals surface area contributed by atoms with E-state index in [1.54, 1.807) is 0 Å². The molecule has 2 rings (SSSR count). The molecule has 1 atom stereocenters. The molecular weight excluding hydrogens is 326 g/mol. The molecule has 0 unspecified atom stereocenters. The van der Waals surface area contributed by atoms with E-state index in [0.29, 0.717) is 19.6 Å². The molecule has 0 aliphatic heterocycles. The lowest BCUT2D eigenvalue weighted by Crippen LogP contribution is -2.42. The van der Waals surface area contributed by atoms with Gasteiger partial charge in [-0.15, -0.1) is 0 Å². The van der Waals surface area contributed by atoms with Gasteiger partial charge in [0.25, 0.3) is 5.91 Å². The average molecular weight is 357 g/mol. The summed E-state index contributed by atoms with van der Waals surface area (Å²) in [6, 6.07) is 11.8. The highest BCUT2D eigenvalue weighted by atomic mass is 16.5. The molecule has 4 nitrogen and oxygen atoms in total. The average Bonchev–Trinajstić information content (AvgIpc) is 2.66. The monoisotopic (exact) mass is 357 g/mol. The zero-order valence-corrected chi connectivity index (χ0v) is 16.4. The van der Waals surface area contributed by atoms with Gasteiger partial charge >= 0.3 is 0 Å². The number of fused-ring (bicyclic) bond motifs is 1. The molecule has 0 saturated heterocycles. The molecule has 4 heteroatoms. The third-order valence-electron chi connectivity index (χ3n) is 4.54. The highest BCUT2D eigenvalue weighted by molar-refractivity contribution is 6.06. The van der Waals surface area contributed by atoms with Crippen molar-refractivity contribution >= 4 is 22.4 Å². The second kappa shape index (κ2) is 9.58. The van der Waals surface area contributed by atoms with Crippen LogP contribution in [0, 0.1) is 0 Å². The standard InChI is InChI=1S/C22H31NO3/c1-5-8-15-22(4,26-7-3)21(24)23-19-13-14-20(25-16-6-2)18-12-10-9-11-17(18)19/h9-14H,5-8,15-16H2,1-4H3,(H,23,24)/t22-/m0/s1. The Morgan fingerprint density at radius 1 is 1.04 bits per heavy atom. The minimum Gasteiger partial charge on any atom is -0.493 e. The van der Waals surface area contributed by atoms with Crippen molar-refractivity contribution in [2.75, 3.05) is 18.5 Å². The van der Waals surface area contributed by atoms with Crippen LogP contribution < -0.4 is 10.1 Å². The minimum absolute atomic E-state index is 0.0971. The molecule has 0 aromatic heterocycles. The molecule has 2 aromatic rings. The maximum Gasteiger partial charge on any atom is 0.256 e. The lowest BCUT2D eigenvalue weighted by atomic mass is 9.97. The van der Waals surface area contributed by atoms with Crippen LogP contribution in [0.5, 0.6) is 5.75 Å². The number of rotatable bonds is 10. The summed E-state index contributed by atoms with van der Waals surface area (Å²) < 4.78 is 11.7. The molecule has 0 bridgehead atoms. The Morgan fingerprint density at radius 2 is 1.77 bits per heavy atom. The van der Waals surface area contributed by atoms with Crippen molar-refractivity contribution in [1.29, 1.82) is 0 Å². The first-order valence-corrected chi connectivity index (χ1v) is 9.65. The lowest BCUT2D eigenvalue weighted by molar-refractivity contribution is -0.139. The molecule has 0 heterocycles. The van der Waals surface area contributed by atoms with Crippen LogP contribution in [0.3, 0.4) is 0 Å². The van der Waals surface area contributed by atoms with Gasteiger partial charge in [0.05, 0.1) is 6.61 Å². The topological polar surface area (TPSA) is 47.6 Å². The van der Waals surface area contributed by atoms with Gasteiger partial charge < -0.3 is 14.8 Å². The Bertz CT molecular complexity index is 728. The fourth-order valence-corrected chi connectivity index (χ4v) is 3.06. The number of unbranched alkanes of at least 4 members (excludes halogenated alkanes) is 1. The van der Waals surface area contributed by atoms with Gasteiger partial charge in [0.1, 0.15) is 11.4 Å². The minimum atomic E-state index is -0.816. The third kappa shape index (κ3) is 4.76. The fourth-order valence-electron chi connectivity index (χ4n) is 3.06. The van der Waals surface area contributed by atoms with Gasteiger partial charge in [0.2, 0.25) is 0 Å². The molecule has 0 aliphatic rings. The van der Waals surface area contributed by atoms with Crippen LogP contribution in [-0.2, 0) is 9.53 Å². The molecule has 26 heavy (non-hydrogen) atoms. The summed E-state index contributed by atoms with van der Waals surface area (Å²) in [7, 11) is 0. The van der Waals surface area contributed by atoms with Crippen LogP contribution in [0.25, 0.3) is 10.8 Å². The third-order valence-corrected chi connectivity index (χ3v) is 4.54. The summed E-state index contributed by atoms with van der Waals surface area (Å²) in [5.74, 6) is 0.749. The van der Waals surface area contributed by atoms with Crippen LogP contribution in [-0.4, -0.2) is 24.7 Å². The van der Waals surface area contributed by atoms with E-state index in [9.17, 15) is 4.79 Å². The maximum atomic E-state index is 13.0. The van der Waals surface area contributed by atoms with E-state index in [-0.39, 0.29) is 5.91 Å². The first-order chi connectivity index (χ1) is 12.6. The quantitative estimate of drug-likeness (QED) is 0.606. The van der Waals surface area contributed by atoms with Crippen LogP contribution in [0.15, 0.2) is 36.4 Å². The van der Waals surface area contributed by atoms with E-state index in [1.807, 2.05) is 50.2 Å². The smallest absolute Gasteiger partial charge is 0.256 e. The first kappa shape index (κ1) is 20.2. The van der Waals surface area contributed by atoms with E-state index >= 15 is 0 Å². The second-order valence-corrected chi connectivity index (χ2v) is 6.73. The summed E-state index contributed by atoms with van der Waals surface area (Å²) in [6.07, 6.45) is 3.65. The maximum absolute atomic E-state index is 13.0. The molecule has 2 aromatic carbocycles. The van der Waals surface area contributed by atoms with Gasteiger partial charge in [-0.3, -0.25) is 4.79 Å². The Labute approximate surface area is 156 Å². The lowest BCUT2D eigenvalue weighted by Gasteiger charge is -2.28. The van der Waals surface area contributed by atoms with Crippen molar-refractivity contribution in [3.63, 3.8) is 0 Å². The van der Waals surface area contributed by atoms with Crippen LogP contribution in [0.4, 0.5) is 5.69 Å². The van der Waals surface area contributed by atoms with E-state index < -0.39 is 5.60 Å². The van der Waals surface area contributed by atoms with E-state index in [4.69, 9.17) is 9.47 Å². The fraction of sp³-hybridized carbons (Fsp3) is 0.500. The Hall–Kier alpha value is -2.07. The predicted octanol–water partition coefficient (Wildman–Crippen LogP) is 5.55. The van der Waals surface area contributed by atoms with Crippen molar-refractivity contribution in [2.45, 2.75) is 59.0 Å². The largest absolute Gasteiger partial charge is 0.493 e. The molecule has 1 N–H and O–H groups in total. The number of benzene rings is 2. The van der Waals surface area contributed by atoms with Crippen molar-refractivity contribution in [1.82, 2.24) is 0 Å². The predicted molar refractivity (Wildman–Crippen MR) is 108 cm³/mol. The number of hydrogen-bond donors (Lipinski definition) is 1. The number of ether oxygens (including phenoxy) is 2. The Balaban J connectivity index is 2.31. The van der Waals surface area contributed by atoms with Crippen molar-refractivity contribution < 1.29 is 14.3 Å². The van der Waals surface area contributed by atoms with Gasteiger partial charge in [-0.1, -0.05) is 51.0 Å². The normalized spacial score (nSPS) is 13.4. The summed E-state index contributed by atoms with van der Waals surface area (Å²) in [6.45, 7) is 9.19. The second-order valence-electron chi connectivity index (χ2n) is 6.73. The molecule has 0 aliphatic carbocycles. The summed E-state index contributed by atoms with van der Waals surface area (Å²) in [5.41, 5.74) is -0.0275. The van der Waals surface area contributed by atoms with E-state index in [2.05, 4.69) is 19.2 Å². The SMILES string of the molecule is CCCC[C@](C)(OCC)C(=O)Nc1ccc(OCCC)c2ccccc12. The zero-order valence-electron chi connectivity index (χ0n) is 16.4. The van der Waals surface area contributed by atoms with Gasteiger partial charge in [-0.05, 0) is 38.8 Å². The zero-order chi connectivity index (χ0) is 19.0. The number of amides is 1. The van der Waals surface area contributed by atoms with Crippen LogP contribution >= 0.6 is 0 Å².